The van der Waals surface area contributed by atoms with Crippen LogP contribution in [0.3, 0.4) is 0 Å². The summed E-state index contributed by atoms with van der Waals surface area (Å²) in [6, 6.07) is 1.52. The number of nitrogens with zero attached hydrogens (tertiary/aromatic N) is 1. The first-order valence-electron chi connectivity index (χ1n) is 9.11. The number of allylic oxidation sites excluding steroid dienone is 2. The van der Waals surface area contributed by atoms with Crippen molar-refractivity contribution in [2.24, 2.45) is 0 Å². The number of rotatable bonds is 11. The lowest BCUT2D eigenvalue weighted by molar-refractivity contribution is -0.0509. The van der Waals surface area contributed by atoms with Crippen molar-refractivity contribution in [3.05, 3.63) is 29.5 Å². The zero-order valence-electron chi connectivity index (χ0n) is 16.5. The third-order valence-electron chi connectivity index (χ3n) is 4.82. The van der Waals surface area contributed by atoms with Crippen LogP contribution < -0.4 is 5.23 Å². The van der Waals surface area contributed by atoms with Crippen LogP contribution >= 0.6 is 11.6 Å². The van der Waals surface area contributed by atoms with E-state index in [1.165, 1.54) is 6.07 Å². The van der Waals surface area contributed by atoms with E-state index >= 15 is 0 Å². The summed E-state index contributed by atoms with van der Waals surface area (Å²) < 4.78 is 0. The molecule has 1 rings (SSSR count). The summed E-state index contributed by atoms with van der Waals surface area (Å²) >= 11 is 6.51. The first kappa shape index (κ1) is 23.9. The molecule has 0 saturated heterocycles. The Morgan fingerprint density at radius 2 is 1.89 bits per heavy atom. The van der Waals surface area contributed by atoms with E-state index < -0.39 is 22.7 Å². The third-order valence-corrected chi connectivity index (χ3v) is 5.26. The number of hydrogen-bond acceptors (Lipinski definition) is 6. The lowest BCUT2D eigenvalue weighted by atomic mass is 9.92. The maximum atomic E-state index is 10.4. The number of halogens is 1. The van der Waals surface area contributed by atoms with Crippen molar-refractivity contribution in [3.8, 4) is 0 Å². The van der Waals surface area contributed by atoms with Gasteiger partial charge >= 0.3 is 0 Å². The highest BCUT2D eigenvalue weighted by atomic mass is 35.5. The average molecular weight is 405 g/mol. The fourth-order valence-corrected chi connectivity index (χ4v) is 2.87. The Bertz CT molecular complexity index is 607. The lowest BCUT2D eigenvalue weighted by Gasteiger charge is -2.27. The van der Waals surface area contributed by atoms with Gasteiger partial charge < -0.3 is 20.3 Å². The number of alkyl halides is 1. The predicted octanol–water partition coefficient (Wildman–Crippen LogP) is 3.14. The quantitative estimate of drug-likeness (QED) is 0.191. The van der Waals surface area contributed by atoms with Gasteiger partial charge in [-0.15, -0.1) is 16.8 Å². The number of aromatic nitrogens is 1. The monoisotopic (exact) mass is 404 g/mol. The molecule has 0 saturated carbocycles. The minimum absolute atomic E-state index is 0.0157. The van der Waals surface area contributed by atoms with E-state index in [1.807, 2.05) is 13.0 Å². The molecule has 0 amide bonds. The number of aliphatic hydroxyl groups excluding tert-OH is 2. The highest BCUT2D eigenvalue weighted by Crippen LogP contribution is 2.29. The van der Waals surface area contributed by atoms with Crippen molar-refractivity contribution in [2.75, 3.05) is 5.23 Å². The van der Waals surface area contributed by atoms with Crippen LogP contribution in [0.1, 0.15) is 58.9 Å². The van der Waals surface area contributed by atoms with Gasteiger partial charge in [-0.2, -0.15) is 0 Å². The molecule has 0 aliphatic rings. The molecule has 0 radical (unpaired) electrons. The normalized spacial score (nSPS) is 17.5. The van der Waals surface area contributed by atoms with Crippen molar-refractivity contribution in [3.63, 3.8) is 0 Å². The first-order chi connectivity index (χ1) is 12.3. The molecule has 0 fully saturated rings. The summed E-state index contributed by atoms with van der Waals surface area (Å²) in [5, 5.41) is 48.0. The Balaban J connectivity index is 2.48. The van der Waals surface area contributed by atoms with Gasteiger partial charge in [0.2, 0.25) is 0 Å². The topological polar surface area (TPSA) is 120 Å². The van der Waals surface area contributed by atoms with Gasteiger partial charge in [0.05, 0.1) is 22.7 Å². The van der Waals surface area contributed by atoms with E-state index in [9.17, 15) is 15.3 Å². The van der Waals surface area contributed by atoms with Crippen molar-refractivity contribution in [1.29, 1.82) is 0 Å². The van der Waals surface area contributed by atoms with Gasteiger partial charge in [0.25, 0.3) is 0 Å². The van der Waals surface area contributed by atoms with E-state index in [0.717, 1.165) is 5.57 Å². The number of nitrogens with one attached hydrogen (secondary N) is 1. The number of aliphatic hydroxyl groups is 3. The SMILES string of the molecule is CC(=CCC[C@@](C)(Cl)[C@H](O)Cc1c[nH]c(N(O)O)c1)CC[C@@H](O)C(C)(C)O. The van der Waals surface area contributed by atoms with Gasteiger partial charge in [-0.05, 0) is 65.0 Å². The average Bonchev–Trinajstić information content (AvgIpc) is 3.00. The van der Waals surface area contributed by atoms with Gasteiger partial charge in [0.15, 0.2) is 5.82 Å². The second-order valence-electron chi connectivity index (χ2n) is 7.98. The zero-order valence-corrected chi connectivity index (χ0v) is 17.2. The van der Waals surface area contributed by atoms with Crippen LogP contribution in [0.25, 0.3) is 0 Å². The molecule has 0 aromatic carbocycles. The first-order valence-corrected chi connectivity index (χ1v) is 9.49. The number of H-pyrrole nitrogens is 1. The summed E-state index contributed by atoms with van der Waals surface area (Å²) in [5.74, 6) is 0.111. The summed E-state index contributed by atoms with van der Waals surface area (Å²) in [5.41, 5.74) is 0.701. The molecule has 0 bridgehead atoms. The Labute approximate surface area is 165 Å². The van der Waals surface area contributed by atoms with E-state index in [4.69, 9.17) is 22.0 Å². The van der Waals surface area contributed by atoms with Crippen molar-refractivity contribution in [1.82, 2.24) is 4.98 Å². The maximum Gasteiger partial charge on any atom is 0.161 e. The maximum absolute atomic E-state index is 10.4. The molecule has 1 aromatic rings. The molecule has 0 aliphatic heterocycles. The van der Waals surface area contributed by atoms with Crippen LogP contribution in [0.15, 0.2) is 23.9 Å². The molecule has 6 N–H and O–H groups in total. The van der Waals surface area contributed by atoms with Gasteiger partial charge in [-0.1, -0.05) is 11.6 Å². The second-order valence-corrected chi connectivity index (χ2v) is 8.84. The van der Waals surface area contributed by atoms with Crippen LogP contribution in [0.4, 0.5) is 5.82 Å². The predicted molar refractivity (Wildman–Crippen MR) is 105 cm³/mol. The minimum Gasteiger partial charge on any atom is -0.391 e. The largest absolute Gasteiger partial charge is 0.391 e. The van der Waals surface area contributed by atoms with Gasteiger partial charge in [0, 0.05) is 12.6 Å². The Morgan fingerprint density at radius 3 is 2.41 bits per heavy atom. The van der Waals surface area contributed by atoms with Crippen molar-refractivity contribution in [2.45, 2.75) is 82.5 Å². The lowest BCUT2D eigenvalue weighted by Crippen LogP contribution is -2.35. The summed E-state index contributed by atoms with van der Waals surface area (Å²) in [7, 11) is 0. The van der Waals surface area contributed by atoms with Gasteiger partial charge in [-0.25, -0.2) is 0 Å². The highest BCUT2D eigenvalue weighted by molar-refractivity contribution is 6.24. The Morgan fingerprint density at radius 1 is 1.26 bits per heavy atom. The van der Waals surface area contributed by atoms with E-state index in [-0.39, 0.29) is 17.5 Å². The molecule has 3 atom stereocenters. The molecule has 0 aliphatic carbocycles. The molecular formula is C19H33ClN2O5. The molecular weight excluding hydrogens is 372 g/mol. The fraction of sp³-hybridized carbons (Fsp3) is 0.684. The minimum atomic E-state index is -1.11. The Kier molecular flexibility index (Phi) is 8.79. The van der Waals surface area contributed by atoms with E-state index in [2.05, 4.69) is 4.98 Å². The molecule has 1 heterocycles. The number of aromatic amines is 1. The second kappa shape index (κ2) is 9.91. The molecule has 27 heavy (non-hydrogen) atoms. The van der Waals surface area contributed by atoms with Crippen molar-refractivity contribution >= 4 is 17.4 Å². The van der Waals surface area contributed by atoms with Crippen molar-refractivity contribution < 1.29 is 25.7 Å². The van der Waals surface area contributed by atoms with Crippen LogP contribution in [0.5, 0.6) is 0 Å². The Hall–Kier alpha value is -1.09. The smallest absolute Gasteiger partial charge is 0.161 e. The molecule has 8 heteroatoms. The zero-order chi connectivity index (χ0) is 20.8. The van der Waals surface area contributed by atoms with Gasteiger partial charge in [0.1, 0.15) is 0 Å². The highest BCUT2D eigenvalue weighted by Gasteiger charge is 2.30. The summed E-state index contributed by atoms with van der Waals surface area (Å²) in [6.07, 6.45) is 4.72. The number of anilines is 1. The fourth-order valence-electron chi connectivity index (χ4n) is 2.68. The molecule has 0 spiro atoms. The molecule has 0 unspecified atom stereocenters. The van der Waals surface area contributed by atoms with Crippen LogP contribution in [-0.2, 0) is 6.42 Å². The van der Waals surface area contributed by atoms with Crippen LogP contribution in [0.2, 0.25) is 0 Å². The summed E-state index contributed by atoms with van der Waals surface area (Å²) in [4.78, 5) is 1.84. The molecule has 156 valence electrons. The van der Waals surface area contributed by atoms with Crippen LogP contribution in [0, 0.1) is 0 Å². The summed E-state index contributed by atoms with van der Waals surface area (Å²) in [6.45, 7) is 6.92. The standard InChI is InChI=1S/C19H33ClN2O5/c1-13(7-8-15(23)18(2,3)25)6-5-9-19(4,20)16(24)10-14-11-17(21-12-14)22(26)27/h6,11-12,15-16,21,23-27H,5,7-10H2,1-4H3/t15-,16-,19-/m1/s1. The molecule has 1 aromatic heterocycles. The molecule has 7 nitrogen and oxygen atoms in total. The van der Waals surface area contributed by atoms with Gasteiger partial charge in [-0.3, -0.25) is 10.4 Å². The van der Waals surface area contributed by atoms with E-state index in [0.29, 0.717) is 31.2 Å². The van der Waals surface area contributed by atoms with Crippen LogP contribution in [-0.4, -0.2) is 53.4 Å². The van der Waals surface area contributed by atoms with E-state index in [1.54, 1.807) is 27.0 Å². The third kappa shape index (κ3) is 8.21. The number of hydrogen-bond donors (Lipinski definition) is 6.